The van der Waals surface area contributed by atoms with Gasteiger partial charge in [-0.1, -0.05) is 13.8 Å². The zero-order valence-corrected chi connectivity index (χ0v) is 11.5. The van der Waals surface area contributed by atoms with E-state index in [4.69, 9.17) is 0 Å². The van der Waals surface area contributed by atoms with Crippen LogP contribution in [0.3, 0.4) is 0 Å². The summed E-state index contributed by atoms with van der Waals surface area (Å²) in [5.74, 6) is 0.763. The number of rotatable bonds is 2. The molecule has 0 aliphatic carbocycles. The highest BCUT2D eigenvalue weighted by Gasteiger charge is 2.41. The van der Waals surface area contributed by atoms with E-state index in [0.717, 1.165) is 18.9 Å². The average Bonchev–Trinajstić information content (AvgIpc) is 2.82. The fraction of sp³-hybridized carbons (Fsp3) is 0.786. The van der Waals surface area contributed by atoms with E-state index in [9.17, 15) is 0 Å². The number of piperidine rings is 1. The summed E-state index contributed by atoms with van der Waals surface area (Å²) in [6, 6.07) is 0. The van der Waals surface area contributed by atoms with Gasteiger partial charge in [-0.2, -0.15) is 0 Å². The first-order valence-electron chi connectivity index (χ1n) is 7.20. The molecule has 1 spiro atoms. The molecule has 1 aromatic rings. The lowest BCUT2D eigenvalue weighted by molar-refractivity contribution is 0.116. The van der Waals surface area contributed by atoms with Crippen molar-refractivity contribution in [3.8, 4) is 0 Å². The predicted molar refractivity (Wildman–Crippen MR) is 72.5 cm³/mol. The van der Waals surface area contributed by atoms with Gasteiger partial charge in [-0.25, -0.2) is 4.98 Å². The predicted octanol–water partition coefficient (Wildman–Crippen LogP) is 1.50. The van der Waals surface area contributed by atoms with Gasteiger partial charge in [0.25, 0.3) is 0 Å². The van der Waals surface area contributed by atoms with Crippen molar-refractivity contribution in [2.24, 2.45) is 5.92 Å². The number of hydrogen-bond acceptors (Lipinski definition) is 3. The van der Waals surface area contributed by atoms with Gasteiger partial charge in [0.2, 0.25) is 0 Å². The molecule has 4 nitrogen and oxygen atoms in total. The second-order valence-corrected chi connectivity index (χ2v) is 6.18. The standard InChI is InChI=1S/C14H24N4/c1-11(2)9-18-7-4-14(5-8-18)13-12(3-6-17-14)15-10-16-13/h10-11,17H,3-9H2,1-2H3,(H,15,16). The van der Waals surface area contributed by atoms with Crippen LogP contribution in [0.15, 0.2) is 6.33 Å². The van der Waals surface area contributed by atoms with Crippen LogP contribution in [0.1, 0.15) is 38.1 Å². The van der Waals surface area contributed by atoms with Crippen molar-refractivity contribution in [3.05, 3.63) is 17.7 Å². The third-order valence-electron chi connectivity index (χ3n) is 4.34. The number of hydrogen-bond donors (Lipinski definition) is 2. The van der Waals surface area contributed by atoms with E-state index in [-0.39, 0.29) is 5.54 Å². The lowest BCUT2D eigenvalue weighted by atomic mass is 9.80. The first-order chi connectivity index (χ1) is 8.70. The Balaban J connectivity index is 1.73. The van der Waals surface area contributed by atoms with Crippen LogP contribution in [0.2, 0.25) is 0 Å². The summed E-state index contributed by atoms with van der Waals surface area (Å²) in [6.45, 7) is 9.29. The summed E-state index contributed by atoms with van der Waals surface area (Å²) in [7, 11) is 0. The molecule has 0 radical (unpaired) electrons. The Morgan fingerprint density at radius 3 is 2.89 bits per heavy atom. The molecule has 0 bridgehead atoms. The molecule has 0 saturated carbocycles. The lowest BCUT2D eigenvalue weighted by Crippen LogP contribution is -2.54. The summed E-state index contributed by atoms with van der Waals surface area (Å²) in [5.41, 5.74) is 2.80. The van der Waals surface area contributed by atoms with Crippen LogP contribution in [0.25, 0.3) is 0 Å². The molecule has 18 heavy (non-hydrogen) atoms. The van der Waals surface area contributed by atoms with Crippen LogP contribution < -0.4 is 5.32 Å². The fourth-order valence-corrected chi connectivity index (χ4v) is 3.48. The maximum Gasteiger partial charge on any atom is 0.0926 e. The third-order valence-corrected chi connectivity index (χ3v) is 4.34. The molecule has 4 heteroatoms. The minimum Gasteiger partial charge on any atom is -0.348 e. The highest BCUT2D eigenvalue weighted by Crippen LogP contribution is 2.35. The van der Waals surface area contributed by atoms with Crippen LogP contribution in [0.4, 0.5) is 0 Å². The minimum atomic E-state index is 0.154. The number of H-pyrrole nitrogens is 1. The van der Waals surface area contributed by atoms with Gasteiger partial charge in [0.05, 0.1) is 17.6 Å². The second kappa shape index (κ2) is 4.67. The molecule has 0 atom stereocenters. The molecule has 1 saturated heterocycles. The largest absolute Gasteiger partial charge is 0.348 e. The van der Waals surface area contributed by atoms with Crippen LogP contribution >= 0.6 is 0 Å². The number of fused-ring (bicyclic) bond motifs is 2. The van der Waals surface area contributed by atoms with Crippen LogP contribution in [0, 0.1) is 5.92 Å². The number of aromatic amines is 1. The molecule has 2 N–H and O–H groups in total. The van der Waals surface area contributed by atoms with E-state index in [2.05, 4.69) is 34.0 Å². The summed E-state index contributed by atoms with van der Waals surface area (Å²) >= 11 is 0. The Kier molecular flexibility index (Phi) is 3.16. The molecule has 2 aliphatic heterocycles. The van der Waals surface area contributed by atoms with Crippen molar-refractivity contribution in [3.63, 3.8) is 0 Å². The van der Waals surface area contributed by atoms with Gasteiger partial charge in [-0.05, 0) is 18.8 Å². The number of likely N-dealkylation sites (tertiary alicyclic amines) is 1. The smallest absolute Gasteiger partial charge is 0.0926 e. The van der Waals surface area contributed by atoms with Gasteiger partial charge in [0, 0.05) is 38.3 Å². The van der Waals surface area contributed by atoms with Crippen molar-refractivity contribution in [1.29, 1.82) is 0 Å². The molecule has 0 amide bonds. The topological polar surface area (TPSA) is 44.0 Å². The zero-order valence-electron chi connectivity index (χ0n) is 11.5. The van der Waals surface area contributed by atoms with Gasteiger partial charge in [0.15, 0.2) is 0 Å². The molecular weight excluding hydrogens is 224 g/mol. The van der Waals surface area contributed by atoms with Gasteiger partial charge in [-0.15, -0.1) is 0 Å². The lowest BCUT2D eigenvalue weighted by Gasteiger charge is -2.44. The van der Waals surface area contributed by atoms with Crippen molar-refractivity contribution >= 4 is 0 Å². The molecule has 1 fully saturated rings. The van der Waals surface area contributed by atoms with Crippen LogP contribution in [-0.4, -0.2) is 41.0 Å². The molecule has 2 aliphatic rings. The number of aromatic nitrogens is 2. The van der Waals surface area contributed by atoms with Crippen molar-refractivity contribution in [1.82, 2.24) is 20.2 Å². The Morgan fingerprint density at radius 1 is 1.39 bits per heavy atom. The summed E-state index contributed by atoms with van der Waals surface area (Å²) in [5, 5.41) is 3.74. The fourth-order valence-electron chi connectivity index (χ4n) is 3.48. The van der Waals surface area contributed by atoms with E-state index >= 15 is 0 Å². The average molecular weight is 248 g/mol. The highest BCUT2D eigenvalue weighted by atomic mass is 15.2. The maximum absolute atomic E-state index is 4.58. The van der Waals surface area contributed by atoms with E-state index in [0.29, 0.717) is 0 Å². The van der Waals surface area contributed by atoms with E-state index < -0.39 is 0 Å². The number of nitrogens with zero attached hydrogens (tertiary/aromatic N) is 2. The second-order valence-electron chi connectivity index (χ2n) is 6.18. The number of nitrogens with one attached hydrogen (secondary N) is 2. The van der Waals surface area contributed by atoms with Gasteiger partial charge >= 0.3 is 0 Å². The molecule has 3 rings (SSSR count). The Morgan fingerprint density at radius 2 is 2.17 bits per heavy atom. The highest BCUT2D eigenvalue weighted by molar-refractivity contribution is 5.26. The molecule has 3 heterocycles. The number of imidazole rings is 1. The Hall–Kier alpha value is -0.870. The maximum atomic E-state index is 4.58. The van der Waals surface area contributed by atoms with Crippen LogP contribution in [0.5, 0.6) is 0 Å². The third kappa shape index (κ3) is 2.08. The van der Waals surface area contributed by atoms with Gasteiger partial charge in [0.1, 0.15) is 0 Å². The Bertz CT molecular complexity index is 402. The quantitative estimate of drug-likeness (QED) is 0.833. The Labute approximate surface area is 109 Å². The van der Waals surface area contributed by atoms with E-state index in [1.165, 1.54) is 43.9 Å². The van der Waals surface area contributed by atoms with E-state index in [1.54, 1.807) is 0 Å². The first kappa shape index (κ1) is 12.2. The first-order valence-corrected chi connectivity index (χ1v) is 7.20. The SMILES string of the molecule is CC(C)CN1CCC2(CC1)NCCc1[nH]cnc12. The molecule has 0 aromatic carbocycles. The molecule has 100 valence electrons. The summed E-state index contributed by atoms with van der Waals surface area (Å²) in [4.78, 5) is 10.5. The van der Waals surface area contributed by atoms with Crippen molar-refractivity contribution in [2.75, 3.05) is 26.2 Å². The zero-order chi connectivity index (χ0) is 12.6. The summed E-state index contributed by atoms with van der Waals surface area (Å²) < 4.78 is 0. The summed E-state index contributed by atoms with van der Waals surface area (Å²) in [6.07, 6.45) is 5.34. The minimum absolute atomic E-state index is 0.154. The van der Waals surface area contributed by atoms with Crippen molar-refractivity contribution < 1.29 is 0 Å². The molecule has 0 unspecified atom stereocenters. The monoisotopic (exact) mass is 248 g/mol. The molecule has 1 aromatic heterocycles. The van der Waals surface area contributed by atoms with Gasteiger partial charge < -0.3 is 15.2 Å². The normalized spacial score (nSPS) is 23.5. The van der Waals surface area contributed by atoms with Crippen molar-refractivity contribution in [2.45, 2.75) is 38.6 Å². The van der Waals surface area contributed by atoms with Gasteiger partial charge in [-0.3, -0.25) is 0 Å². The van der Waals surface area contributed by atoms with E-state index in [1.807, 2.05) is 6.33 Å². The van der Waals surface area contributed by atoms with Crippen LogP contribution in [-0.2, 0) is 12.0 Å². The molecular formula is C14H24N4.